The number of ether oxygens (including phenoxy) is 1. The van der Waals surface area contributed by atoms with Crippen LogP contribution in [-0.4, -0.2) is 44.8 Å². The summed E-state index contributed by atoms with van der Waals surface area (Å²) in [5, 5.41) is 9.67. The van der Waals surface area contributed by atoms with Crippen LogP contribution in [0.2, 0.25) is 0 Å². The van der Waals surface area contributed by atoms with Crippen LogP contribution in [0.1, 0.15) is 21.5 Å². The summed E-state index contributed by atoms with van der Waals surface area (Å²) in [6, 6.07) is 19.3. The van der Waals surface area contributed by atoms with Gasteiger partial charge in [0.2, 0.25) is 0 Å². The molecule has 1 fully saturated rings. The lowest BCUT2D eigenvalue weighted by Gasteiger charge is -2.14. The van der Waals surface area contributed by atoms with Gasteiger partial charge in [-0.2, -0.15) is 0 Å². The lowest BCUT2D eigenvalue weighted by atomic mass is 10.00. The lowest BCUT2D eigenvalue weighted by molar-refractivity contribution is -0.122. The molecular weight excluding hydrogens is 520 g/mol. The number of carboxylic acids is 1. The molecule has 7 nitrogen and oxygen atoms in total. The minimum Gasteiger partial charge on any atom is -0.496 e. The van der Waals surface area contributed by atoms with Gasteiger partial charge in [-0.25, -0.2) is 4.79 Å². The van der Waals surface area contributed by atoms with Crippen molar-refractivity contribution in [1.29, 1.82) is 0 Å². The topological polar surface area (TPSA) is 99.7 Å². The van der Waals surface area contributed by atoms with Crippen LogP contribution in [0.25, 0.3) is 28.1 Å². The van der Waals surface area contributed by atoms with E-state index in [1.165, 1.54) is 17.8 Å². The molecule has 38 heavy (non-hydrogen) atoms. The average Bonchev–Trinajstić information content (AvgIpc) is 3.19. The number of aromatic carboxylic acids is 1. The minimum atomic E-state index is -0.976. The molecule has 0 saturated carbocycles. The van der Waals surface area contributed by atoms with Crippen molar-refractivity contribution >= 4 is 57.2 Å². The van der Waals surface area contributed by atoms with Gasteiger partial charge in [0.15, 0.2) is 5.43 Å². The van der Waals surface area contributed by atoms with E-state index in [0.717, 1.165) is 27.8 Å². The summed E-state index contributed by atoms with van der Waals surface area (Å²) in [7, 11) is 1.60. The zero-order valence-corrected chi connectivity index (χ0v) is 21.9. The maximum atomic E-state index is 13.2. The highest BCUT2D eigenvalue weighted by Crippen LogP contribution is 2.36. The molecule has 3 aromatic carbocycles. The van der Waals surface area contributed by atoms with Gasteiger partial charge in [-0.15, -0.1) is 0 Å². The number of aromatic amines is 1. The van der Waals surface area contributed by atoms with Crippen molar-refractivity contribution in [2.24, 2.45) is 0 Å². The van der Waals surface area contributed by atoms with Gasteiger partial charge in [0.1, 0.15) is 10.1 Å². The number of carboxylic acid groups (broad SMARTS) is 1. The number of thiocarbonyl (C=S) groups is 1. The van der Waals surface area contributed by atoms with Crippen LogP contribution in [-0.2, 0) is 11.2 Å². The second kappa shape index (κ2) is 10.6. The van der Waals surface area contributed by atoms with Crippen molar-refractivity contribution in [3.63, 3.8) is 0 Å². The first kappa shape index (κ1) is 25.4. The molecule has 1 amide bonds. The first-order valence-corrected chi connectivity index (χ1v) is 12.9. The average molecular weight is 543 g/mol. The molecular formula is C29H22N2O5S2. The molecule has 2 heterocycles. The number of carbonyl (C=O) groups excluding carboxylic acids is 1. The molecule has 0 atom stereocenters. The summed E-state index contributed by atoms with van der Waals surface area (Å²) in [4.78, 5) is 41.5. The number of hydrogen-bond donors (Lipinski definition) is 2. The highest BCUT2D eigenvalue weighted by molar-refractivity contribution is 8.26. The summed E-state index contributed by atoms with van der Waals surface area (Å²) >= 11 is 6.73. The van der Waals surface area contributed by atoms with E-state index < -0.39 is 5.97 Å². The van der Waals surface area contributed by atoms with Crippen LogP contribution in [0.15, 0.2) is 82.6 Å². The standard InChI is InChI=1S/C29H22N2O5S2/c1-36-25-9-4-18(14-22(25)20-7-8-21-23(16-20)30-12-10-24(21)32)15-26-27(33)31(29(37)38-26)13-11-17-2-5-19(6-3-17)28(34)35/h2-10,12,14-16H,11,13H2,1H3,(H,30,32)(H,34,35)/b26-15-. The van der Waals surface area contributed by atoms with Crippen molar-refractivity contribution in [3.05, 3.63) is 105 Å². The van der Waals surface area contributed by atoms with Gasteiger partial charge in [0.25, 0.3) is 5.91 Å². The Labute approximate surface area is 227 Å². The summed E-state index contributed by atoms with van der Waals surface area (Å²) in [6.45, 7) is 0.400. The number of benzene rings is 3. The third-order valence-electron chi connectivity index (χ3n) is 6.29. The number of methoxy groups -OCH3 is 1. The van der Waals surface area contributed by atoms with Crippen LogP contribution >= 0.6 is 24.0 Å². The smallest absolute Gasteiger partial charge is 0.335 e. The second-order valence-electron chi connectivity index (χ2n) is 8.65. The Morgan fingerprint density at radius 3 is 2.61 bits per heavy atom. The predicted molar refractivity (Wildman–Crippen MR) is 154 cm³/mol. The normalized spacial score (nSPS) is 14.4. The number of aromatic nitrogens is 1. The number of nitrogens with one attached hydrogen (secondary N) is 1. The Bertz CT molecular complexity index is 1670. The molecule has 9 heteroatoms. The van der Waals surface area contributed by atoms with Crippen LogP contribution in [0.3, 0.4) is 0 Å². The maximum Gasteiger partial charge on any atom is 0.335 e. The van der Waals surface area contributed by atoms with E-state index in [-0.39, 0.29) is 16.9 Å². The van der Waals surface area contributed by atoms with E-state index in [9.17, 15) is 14.4 Å². The van der Waals surface area contributed by atoms with Gasteiger partial charge in [-0.3, -0.25) is 14.5 Å². The fraction of sp³-hybridized carbons (Fsp3) is 0.103. The number of H-pyrrole nitrogens is 1. The summed E-state index contributed by atoms with van der Waals surface area (Å²) in [5.74, 6) is -0.472. The number of thioether (sulfide) groups is 1. The molecule has 0 unspecified atom stereocenters. The monoisotopic (exact) mass is 542 g/mol. The van der Waals surface area contributed by atoms with Crippen molar-refractivity contribution in [2.75, 3.05) is 13.7 Å². The SMILES string of the molecule is COc1ccc(/C=C2\SC(=S)N(CCc3ccc(C(=O)O)cc3)C2=O)cc1-c1ccc2c(=O)cc[nH]c2c1. The minimum absolute atomic E-state index is 0.0506. The van der Waals surface area contributed by atoms with E-state index in [2.05, 4.69) is 4.98 Å². The number of hydrogen-bond acceptors (Lipinski definition) is 6. The third-order valence-corrected chi connectivity index (χ3v) is 7.67. The third kappa shape index (κ3) is 5.11. The molecule has 1 saturated heterocycles. The van der Waals surface area contributed by atoms with Crippen molar-refractivity contribution in [1.82, 2.24) is 9.88 Å². The van der Waals surface area contributed by atoms with E-state index in [4.69, 9.17) is 22.1 Å². The summed E-state index contributed by atoms with van der Waals surface area (Å²) in [5.41, 5.74) is 4.32. The number of rotatable bonds is 7. The maximum absolute atomic E-state index is 13.2. The van der Waals surface area contributed by atoms with Gasteiger partial charge in [0, 0.05) is 35.3 Å². The zero-order valence-electron chi connectivity index (χ0n) is 20.3. The Morgan fingerprint density at radius 2 is 1.87 bits per heavy atom. The van der Waals surface area contributed by atoms with Gasteiger partial charge in [-0.05, 0) is 65.6 Å². The molecule has 190 valence electrons. The van der Waals surface area contributed by atoms with Gasteiger partial charge < -0.3 is 14.8 Å². The zero-order chi connectivity index (χ0) is 26.8. The molecule has 1 aliphatic heterocycles. The van der Waals surface area contributed by atoms with Crippen molar-refractivity contribution in [3.8, 4) is 16.9 Å². The number of carbonyl (C=O) groups is 2. The Balaban J connectivity index is 1.38. The molecule has 0 radical (unpaired) electrons. The largest absolute Gasteiger partial charge is 0.496 e. The molecule has 0 aliphatic carbocycles. The fourth-order valence-corrected chi connectivity index (χ4v) is 5.59. The number of pyridine rings is 1. The molecule has 0 spiro atoms. The first-order chi connectivity index (χ1) is 18.3. The molecule has 1 aliphatic rings. The van der Waals surface area contributed by atoms with Crippen LogP contribution in [0.5, 0.6) is 5.75 Å². The highest BCUT2D eigenvalue weighted by atomic mass is 32.2. The first-order valence-electron chi connectivity index (χ1n) is 11.7. The van der Waals surface area contributed by atoms with Gasteiger partial charge in [0.05, 0.1) is 17.6 Å². The fourth-order valence-electron chi connectivity index (χ4n) is 4.28. The Kier molecular flexibility index (Phi) is 7.13. The molecule has 5 rings (SSSR count). The molecule has 2 N–H and O–H groups in total. The lowest BCUT2D eigenvalue weighted by Crippen LogP contribution is -2.30. The van der Waals surface area contributed by atoms with Gasteiger partial charge in [-0.1, -0.05) is 48.2 Å². The molecule has 1 aromatic heterocycles. The van der Waals surface area contributed by atoms with E-state index >= 15 is 0 Å². The van der Waals surface area contributed by atoms with Crippen molar-refractivity contribution < 1.29 is 19.4 Å². The Morgan fingerprint density at radius 1 is 1.08 bits per heavy atom. The number of fused-ring (bicyclic) bond motifs is 1. The second-order valence-corrected chi connectivity index (χ2v) is 10.3. The van der Waals surface area contributed by atoms with Crippen LogP contribution in [0, 0.1) is 0 Å². The molecule has 0 bridgehead atoms. The highest BCUT2D eigenvalue weighted by Gasteiger charge is 2.31. The van der Waals surface area contributed by atoms with E-state index in [1.807, 2.05) is 36.4 Å². The van der Waals surface area contributed by atoms with Crippen molar-refractivity contribution in [2.45, 2.75) is 6.42 Å². The summed E-state index contributed by atoms with van der Waals surface area (Å²) < 4.78 is 6.07. The van der Waals surface area contributed by atoms with Crippen LogP contribution in [0.4, 0.5) is 0 Å². The van der Waals surface area contributed by atoms with Crippen LogP contribution < -0.4 is 10.2 Å². The summed E-state index contributed by atoms with van der Waals surface area (Å²) in [6.07, 6.45) is 3.98. The Hall–Kier alpha value is -4.21. The van der Waals surface area contributed by atoms with E-state index in [0.29, 0.717) is 33.3 Å². The number of amides is 1. The van der Waals surface area contributed by atoms with E-state index in [1.54, 1.807) is 48.5 Å². The van der Waals surface area contributed by atoms with Gasteiger partial charge >= 0.3 is 5.97 Å². The number of nitrogens with zero attached hydrogens (tertiary/aromatic N) is 1. The quantitative estimate of drug-likeness (QED) is 0.240. The molecule has 4 aromatic rings. The predicted octanol–water partition coefficient (Wildman–Crippen LogP) is 5.35.